The van der Waals surface area contributed by atoms with Crippen molar-refractivity contribution in [2.45, 2.75) is 0 Å². The standard InChI is InChI=1S/C44H26N4O/c1-2-14-29(15-3-1)47-35-20-7-5-17-31(35)34-26-28(24-25-37(34)47)41-43-42(33-18-6-9-23-39(33)49-43)46-44(45-41)48-36-21-8-4-16-30(36)32-19-10-12-27-13-11-22-38(48)40(27)32/h1-26H. The van der Waals surface area contributed by atoms with Crippen LogP contribution in [0.3, 0.4) is 0 Å². The maximum atomic E-state index is 6.59. The number of anilines is 3. The van der Waals surface area contributed by atoms with Gasteiger partial charge in [-0.1, -0.05) is 103 Å². The lowest BCUT2D eigenvalue weighted by Crippen LogP contribution is -2.17. The first-order chi connectivity index (χ1) is 24.3. The molecule has 0 amide bonds. The van der Waals surface area contributed by atoms with Crippen molar-refractivity contribution in [3.8, 4) is 28.1 Å². The Balaban J connectivity index is 1.22. The van der Waals surface area contributed by atoms with Gasteiger partial charge in [0.15, 0.2) is 5.58 Å². The Morgan fingerprint density at radius 3 is 2.14 bits per heavy atom. The molecule has 4 heterocycles. The lowest BCUT2D eigenvalue weighted by Gasteiger charge is -2.32. The van der Waals surface area contributed by atoms with Crippen LogP contribution in [0.25, 0.3) is 82.7 Å². The van der Waals surface area contributed by atoms with E-state index in [1.807, 2.05) is 18.2 Å². The monoisotopic (exact) mass is 626 g/mol. The second-order valence-electron chi connectivity index (χ2n) is 12.6. The van der Waals surface area contributed by atoms with Gasteiger partial charge in [-0.25, -0.2) is 9.97 Å². The second-order valence-corrected chi connectivity index (χ2v) is 12.6. The molecule has 11 rings (SSSR count). The first kappa shape index (κ1) is 26.4. The van der Waals surface area contributed by atoms with E-state index >= 15 is 0 Å². The van der Waals surface area contributed by atoms with E-state index in [1.165, 1.54) is 21.7 Å². The fourth-order valence-corrected chi connectivity index (χ4v) is 7.82. The molecule has 49 heavy (non-hydrogen) atoms. The third-order valence-electron chi connectivity index (χ3n) is 9.93. The quantitative estimate of drug-likeness (QED) is 0.196. The van der Waals surface area contributed by atoms with Crippen molar-refractivity contribution < 1.29 is 4.42 Å². The van der Waals surface area contributed by atoms with E-state index in [4.69, 9.17) is 14.4 Å². The summed E-state index contributed by atoms with van der Waals surface area (Å²) in [6.45, 7) is 0. The van der Waals surface area contributed by atoms with Gasteiger partial charge in [-0.05, 0) is 65.5 Å². The number of para-hydroxylation sites is 4. The Kier molecular flexibility index (Phi) is 5.32. The minimum atomic E-state index is 0.607. The number of hydrogen-bond donors (Lipinski definition) is 0. The van der Waals surface area contributed by atoms with Gasteiger partial charge in [-0.15, -0.1) is 0 Å². The average molecular weight is 627 g/mol. The van der Waals surface area contributed by atoms with E-state index in [0.29, 0.717) is 11.5 Å². The van der Waals surface area contributed by atoms with Gasteiger partial charge in [0.1, 0.15) is 16.8 Å². The summed E-state index contributed by atoms with van der Waals surface area (Å²) in [5.74, 6) is 0.607. The molecule has 0 aliphatic carbocycles. The van der Waals surface area contributed by atoms with E-state index in [9.17, 15) is 0 Å². The van der Waals surface area contributed by atoms with E-state index in [0.717, 1.165) is 66.8 Å². The summed E-state index contributed by atoms with van der Waals surface area (Å²) >= 11 is 0. The molecule has 0 saturated heterocycles. The molecule has 5 heteroatoms. The highest BCUT2D eigenvalue weighted by Crippen LogP contribution is 2.50. The maximum absolute atomic E-state index is 6.59. The van der Waals surface area contributed by atoms with Crippen molar-refractivity contribution in [2.75, 3.05) is 4.90 Å². The van der Waals surface area contributed by atoms with Crippen LogP contribution in [0.4, 0.5) is 17.3 Å². The van der Waals surface area contributed by atoms with Crippen LogP contribution in [0.15, 0.2) is 162 Å². The highest BCUT2D eigenvalue weighted by Gasteiger charge is 2.29. The third kappa shape index (κ3) is 3.70. The van der Waals surface area contributed by atoms with Crippen LogP contribution < -0.4 is 4.90 Å². The van der Waals surface area contributed by atoms with Crippen LogP contribution in [0.2, 0.25) is 0 Å². The van der Waals surface area contributed by atoms with Gasteiger partial charge in [0.25, 0.3) is 0 Å². The summed E-state index contributed by atoms with van der Waals surface area (Å²) in [7, 11) is 0. The van der Waals surface area contributed by atoms with Crippen LogP contribution >= 0.6 is 0 Å². The number of benzene rings is 7. The van der Waals surface area contributed by atoms with Crippen LogP contribution in [-0.2, 0) is 0 Å². The summed E-state index contributed by atoms with van der Waals surface area (Å²) < 4.78 is 8.92. The SMILES string of the molecule is c1ccc(-n2c3ccccc3c3cc(-c4nc(N5c6ccccc6-c6cccc7cccc5c67)nc5c4oc4ccccc45)ccc32)cc1. The molecule has 0 saturated carbocycles. The van der Waals surface area contributed by atoms with Crippen LogP contribution in [0, 0.1) is 0 Å². The number of nitrogens with zero attached hydrogens (tertiary/aromatic N) is 4. The van der Waals surface area contributed by atoms with Gasteiger partial charge < -0.3 is 8.98 Å². The molecule has 0 fully saturated rings. The zero-order valence-electron chi connectivity index (χ0n) is 26.2. The Labute approximate surface area is 280 Å². The average Bonchev–Trinajstić information content (AvgIpc) is 3.71. The summed E-state index contributed by atoms with van der Waals surface area (Å²) in [6, 6.07) is 55.4. The number of hydrogen-bond acceptors (Lipinski definition) is 4. The molecule has 0 radical (unpaired) electrons. The van der Waals surface area contributed by atoms with Gasteiger partial charge in [0, 0.05) is 38.4 Å². The molecule has 1 aliphatic heterocycles. The van der Waals surface area contributed by atoms with Crippen LogP contribution in [0.1, 0.15) is 0 Å². The molecular formula is C44H26N4O. The molecule has 1 aliphatic rings. The normalized spacial score (nSPS) is 12.4. The van der Waals surface area contributed by atoms with Crippen molar-refractivity contribution in [3.05, 3.63) is 158 Å². The Morgan fingerprint density at radius 1 is 0.510 bits per heavy atom. The highest BCUT2D eigenvalue weighted by molar-refractivity contribution is 6.15. The summed E-state index contributed by atoms with van der Waals surface area (Å²) in [6.07, 6.45) is 0. The predicted molar refractivity (Wildman–Crippen MR) is 200 cm³/mol. The maximum Gasteiger partial charge on any atom is 0.236 e. The van der Waals surface area contributed by atoms with E-state index in [2.05, 4.69) is 149 Å². The number of aromatic nitrogens is 3. The lowest BCUT2D eigenvalue weighted by atomic mass is 9.91. The topological polar surface area (TPSA) is 47.1 Å². The first-order valence-electron chi connectivity index (χ1n) is 16.5. The summed E-state index contributed by atoms with van der Waals surface area (Å²) in [5.41, 5.74) is 11.9. The molecule has 5 nitrogen and oxygen atoms in total. The Bertz CT molecular complexity index is 2950. The number of furan rings is 1. The van der Waals surface area contributed by atoms with Crippen molar-refractivity contribution in [2.24, 2.45) is 0 Å². The van der Waals surface area contributed by atoms with Crippen molar-refractivity contribution in [1.82, 2.24) is 14.5 Å². The van der Waals surface area contributed by atoms with Crippen LogP contribution in [0.5, 0.6) is 0 Å². The molecule has 0 atom stereocenters. The fraction of sp³-hybridized carbons (Fsp3) is 0. The zero-order valence-corrected chi connectivity index (χ0v) is 26.2. The predicted octanol–water partition coefficient (Wildman–Crippen LogP) is 11.7. The van der Waals surface area contributed by atoms with Gasteiger partial charge in [-0.3, -0.25) is 4.90 Å². The fourth-order valence-electron chi connectivity index (χ4n) is 7.82. The van der Waals surface area contributed by atoms with Crippen molar-refractivity contribution in [1.29, 1.82) is 0 Å². The van der Waals surface area contributed by atoms with Gasteiger partial charge in [0.2, 0.25) is 5.95 Å². The molecule has 0 bridgehead atoms. The second kappa shape index (κ2) is 9.89. The molecular weight excluding hydrogens is 601 g/mol. The Hall–Kier alpha value is -6.72. The number of rotatable bonds is 3. The van der Waals surface area contributed by atoms with E-state index in [-0.39, 0.29) is 0 Å². The molecule has 0 spiro atoms. The molecule has 0 unspecified atom stereocenters. The molecule has 7 aromatic carbocycles. The molecule has 0 N–H and O–H groups in total. The Morgan fingerprint density at radius 2 is 1.22 bits per heavy atom. The van der Waals surface area contributed by atoms with Gasteiger partial charge >= 0.3 is 0 Å². The summed E-state index contributed by atoms with van der Waals surface area (Å²) in [4.78, 5) is 12.9. The minimum absolute atomic E-state index is 0.607. The molecule has 228 valence electrons. The van der Waals surface area contributed by atoms with Gasteiger partial charge in [-0.2, -0.15) is 0 Å². The minimum Gasteiger partial charge on any atom is -0.452 e. The lowest BCUT2D eigenvalue weighted by molar-refractivity contribution is 0.667. The first-order valence-corrected chi connectivity index (χ1v) is 16.5. The highest BCUT2D eigenvalue weighted by atomic mass is 16.3. The van der Waals surface area contributed by atoms with Gasteiger partial charge in [0.05, 0.1) is 22.4 Å². The molecule has 10 aromatic rings. The molecule has 3 aromatic heterocycles. The third-order valence-corrected chi connectivity index (χ3v) is 9.93. The zero-order chi connectivity index (χ0) is 32.1. The largest absolute Gasteiger partial charge is 0.452 e. The summed E-state index contributed by atoms with van der Waals surface area (Å²) in [5, 5.41) is 5.69. The van der Waals surface area contributed by atoms with E-state index < -0.39 is 0 Å². The van der Waals surface area contributed by atoms with Crippen molar-refractivity contribution >= 4 is 72.0 Å². The van der Waals surface area contributed by atoms with E-state index in [1.54, 1.807) is 0 Å². The van der Waals surface area contributed by atoms with Crippen molar-refractivity contribution in [3.63, 3.8) is 0 Å². The van der Waals surface area contributed by atoms with Crippen LogP contribution in [-0.4, -0.2) is 14.5 Å². The smallest absolute Gasteiger partial charge is 0.236 e. The number of fused-ring (bicyclic) bond motifs is 8.